The first kappa shape index (κ1) is 53.9. The lowest BCUT2D eigenvalue weighted by molar-refractivity contribution is -0.386. The molecule has 0 fully saturated rings. The highest BCUT2D eigenvalue weighted by Crippen LogP contribution is 2.62. The third kappa shape index (κ3) is 18.6. The second-order valence-electron chi connectivity index (χ2n) is 18.3. The summed E-state index contributed by atoms with van der Waals surface area (Å²) in [5, 5.41) is 12.9. The zero-order chi connectivity index (χ0) is 44.3. The molecule has 0 bridgehead atoms. The summed E-state index contributed by atoms with van der Waals surface area (Å²) in [6.07, 6.45) is 30.1. The Morgan fingerprint density at radius 3 is 1.35 bits per heavy atom. The van der Waals surface area contributed by atoms with Gasteiger partial charge in [-0.25, -0.2) is 0 Å². The number of carbonyl (C=O) groups is 1. The van der Waals surface area contributed by atoms with E-state index in [4.69, 9.17) is 14.2 Å². The first-order valence-corrected chi connectivity index (χ1v) is 29.5. The fourth-order valence-corrected chi connectivity index (χ4v) is 18.7. The SMILES string of the molecule is CCCC[P+](CCCC)(CCCC)CCCCOc1cc(C(OC(=O)C(C)(C)CC)c2ccccc2)c([N+](=O)[O-])cc1OCCCC[P+](CCCC)(CCCC)CCCC. The number of carbonyl (C=O) groups excluding carboxylic acids is 1. The van der Waals surface area contributed by atoms with Crippen LogP contribution < -0.4 is 9.47 Å². The van der Waals surface area contributed by atoms with Crippen molar-refractivity contribution in [2.75, 3.05) is 62.5 Å². The standard InChI is InChI=1S/C51H89NO6P2/c1-10-17-34-59(35-18-11-2,36-19-12-3)40-28-26-32-56-47-42-45(49(44-30-24-23-25-31-44)58-50(53)51(8,9)16-7)46(52(54)55)43-48(47)57-33-27-29-41-60(37-20-13-4,38-21-14-5)39-22-15-6/h23-25,30-31,42-43,49H,10-22,26-29,32-41H2,1-9H3/q+2. The van der Waals surface area contributed by atoms with E-state index in [2.05, 4.69) is 41.5 Å². The zero-order valence-electron chi connectivity index (χ0n) is 40.0. The van der Waals surface area contributed by atoms with E-state index < -0.39 is 32.0 Å². The molecule has 0 saturated heterocycles. The van der Waals surface area contributed by atoms with E-state index >= 15 is 0 Å². The fraction of sp³-hybridized carbons (Fsp3) is 0.745. The average molecular weight is 874 g/mol. The molecule has 1 unspecified atom stereocenters. The largest absolute Gasteiger partial charge is 0.490 e. The predicted molar refractivity (Wildman–Crippen MR) is 263 cm³/mol. The first-order chi connectivity index (χ1) is 28.9. The fourth-order valence-electron chi connectivity index (χ4n) is 8.27. The molecule has 2 aromatic carbocycles. The highest BCUT2D eigenvalue weighted by Gasteiger charge is 2.37. The lowest BCUT2D eigenvalue weighted by Gasteiger charge is -2.28. The Balaban J connectivity index is 2.48. The molecule has 0 heterocycles. The minimum atomic E-state index is -1.03. The van der Waals surface area contributed by atoms with Crippen molar-refractivity contribution in [3.8, 4) is 11.5 Å². The number of rotatable bonds is 36. The highest BCUT2D eigenvalue weighted by atomic mass is 31.2. The summed E-state index contributed by atoms with van der Waals surface area (Å²) in [6.45, 7) is 20.5. The second-order valence-corrected chi connectivity index (χ2v) is 27.2. The Morgan fingerprint density at radius 1 is 0.600 bits per heavy atom. The molecule has 0 aliphatic carbocycles. The van der Waals surface area contributed by atoms with Crippen LogP contribution in [0.2, 0.25) is 0 Å². The van der Waals surface area contributed by atoms with Crippen LogP contribution >= 0.6 is 14.5 Å². The molecule has 0 N–H and O–H groups in total. The van der Waals surface area contributed by atoms with Crippen molar-refractivity contribution < 1.29 is 23.9 Å². The van der Waals surface area contributed by atoms with Crippen LogP contribution in [0.3, 0.4) is 0 Å². The van der Waals surface area contributed by atoms with E-state index in [1.54, 1.807) is 6.07 Å². The lowest BCUT2D eigenvalue weighted by atomic mass is 9.90. The summed E-state index contributed by atoms with van der Waals surface area (Å²) in [4.78, 5) is 26.1. The van der Waals surface area contributed by atoms with Crippen LogP contribution in [0.25, 0.3) is 0 Å². The number of esters is 1. The van der Waals surface area contributed by atoms with Gasteiger partial charge in [-0.05, 0) is 96.1 Å². The maximum absolute atomic E-state index is 13.6. The van der Waals surface area contributed by atoms with E-state index in [1.165, 1.54) is 132 Å². The van der Waals surface area contributed by atoms with E-state index in [9.17, 15) is 14.9 Å². The topological polar surface area (TPSA) is 87.9 Å². The molecule has 0 amide bonds. The Bertz CT molecular complexity index is 1420. The number of ether oxygens (including phenoxy) is 3. The molecule has 7 nitrogen and oxygen atoms in total. The van der Waals surface area contributed by atoms with Gasteiger partial charge in [0.1, 0.15) is 0 Å². The van der Waals surface area contributed by atoms with E-state index in [1.807, 2.05) is 51.1 Å². The smallest absolute Gasteiger partial charge is 0.312 e. The summed E-state index contributed by atoms with van der Waals surface area (Å²) in [7, 11) is -2.05. The Morgan fingerprint density at radius 2 is 0.983 bits per heavy atom. The number of nitrogens with zero attached hydrogens (tertiary/aromatic N) is 1. The lowest BCUT2D eigenvalue weighted by Crippen LogP contribution is -2.28. The number of benzene rings is 2. The van der Waals surface area contributed by atoms with Gasteiger partial charge in [-0.2, -0.15) is 0 Å². The zero-order valence-corrected chi connectivity index (χ0v) is 41.8. The molecule has 0 spiro atoms. The molecule has 342 valence electrons. The summed E-state index contributed by atoms with van der Waals surface area (Å²) in [6, 6.07) is 12.6. The summed E-state index contributed by atoms with van der Waals surface area (Å²) in [5.41, 5.74) is 0.0916. The molecule has 2 rings (SSSR count). The molecule has 1 atom stereocenters. The second kappa shape index (κ2) is 30.0. The highest BCUT2D eigenvalue weighted by molar-refractivity contribution is 7.76. The number of nitro groups is 1. The molecule has 0 radical (unpaired) electrons. The molecule has 0 saturated carbocycles. The normalized spacial score (nSPS) is 12.7. The van der Waals surface area contributed by atoms with Crippen molar-refractivity contribution in [1.82, 2.24) is 0 Å². The molecule has 0 aromatic heterocycles. The van der Waals surface area contributed by atoms with Gasteiger partial charge in [-0.3, -0.25) is 14.9 Å². The van der Waals surface area contributed by atoms with Crippen LogP contribution in [-0.2, 0) is 9.53 Å². The van der Waals surface area contributed by atoms with Crippen LogP contribution in [0, 0.1) is 15.5 Å². The van der Waals surface area contributed by atoms with Crippen molar-refractivity contribution in [1.29, 1.82) is 0 Å². The predicted octanol–water partition coefficient (Wildman–Crippen LogP) is 15.8. The van der Waals surface area contributed by atoms with Crippen LogP contribution in [0.1, 0.15) is 189 Å². The Labute approximate surface area is 369 Å². The summed E-state index contributed by atoms with van der Waals surface area (Å²) >= 11 is 0. The molecule has 0 aliphatic heterocycles. The number of nitro benzene ring substituents is 1. The number of unbranched alkanes of at least 4 members (excludes halogenated alkanes) is 8. The maximum atomic E-state index is 13.6. The van der Waals surface area contributed by atoms with Gasteiger partial charge < -0.3 is 14.2 Å². The van der Waals surface area contributed by atoms with E-state index in [0.29, 0.717) is 42.3 Å². The number of hydrogen-bond donors (Lipinski definition) is 0. The van der Waals surface area contributed by atoms with Gasteiger partial charge in [0.25, 0.3) is 5.69 Å². The van der Waals surface area contributed by atoms with Gasteiger partial charge in [-0.1, -0.05) is 117 Å². The summed E-state index contributed by atoms with van der Waals surface area (Å²) < 4.78 is 19.4. The van der Waals surface area contributed by atoms with E-state index in [-0.39, 0.29) is 10.6 Å². The molecule has 60 heavy (non-hydrogen) atoms. The molecular formula is C51H89NO6P2+2. The van der Waals surface area contributed by atoms with Gasteiger partial charge >= 0.3 is 5.97 Å². The van der Waals surface area contributed by atoms with Crippen molar-refractivity contribution in [3.05, 3.63) is 63.7 Å². The van der Waals surface area contributed by atoms with Crippen molar-refractivity contribution >= 4 is 26.2 Å². The first-order valence-electron chi connectivity index (χ1n) is 24.4. The van der Waals surface area contributed by atoms with Gasteiger partial charge in [0.05, 0.1) is 84.5 Å². The third-order valence-corrected chi connectivity index (χ3v) is 22.9. The van der Waals surface area contributed by atoms with Crippen LogP contribution in [0.4, 0.5) is 5.69 Å². The van der Waals surface area contributed by atoms with Crippen molar-refractivity contribution in [2.45, 2.75) is 178 Å². The monoisotopic (exact) mass is 874 g/mol. The molecule has 2 aromatic rings. The quantitative estimate of drug-likeness (QED) is 0.0223. The van der Waals surface area contributed by atoms with Gasteiger partial charge in [0.15, 0.2) is 17.6 Å². The Hall–Kier alpha value is -2.23. The van der Waals surface area contributed by atoms with Gasteiger partial charge in [0.2, 0.25) is 0 Å². The van der Waals surface area contributed by atoms with Gasteiger partial charge in [0, 0.05) is 14.5 Å². The minimum absolute atomic E-state index is 0.130. The van der Waals surface area contributed by atoms with E-state index in [0.717, 1.165) is 25.7 Å². The van der Waals surface area contributed by atoms with Gasteiger partial charge in [-0.15, -0.1) is 0 Å². The van der Waals surface area contributed by atoms with Crippen molar-refractivity contribution in [3.63, 3.8) is 0 Å². The Kier molecular flexibility index (Phi) is 26.9. The summed E-state index contributed by atoms with van der Waals surface area (Å²) in [5.74, 6) is 0.493. The van der Waals surface area contributed by atoms with Crippen LogP contribution in [0.5, 0.6) is 11.5 Å². The van der Waals surface area contributed by atoms with Crippen LogP contribution in [-0.4, -0.2) is 73.4 Å². The average Bonchev–Trinajstić information content (AvgIpc) is 3.26. The van der Waals surface area contributed by atoms with Crippen LogP contribution in [0.15, 0.2) is 42.5 Å². The maximum Gasteiger partial charge on any atom is 0.312 e. The molecule has 0 aliphatic rings. The third-order valence-electron chi connectivity index (χ3n) is 12.8. The molecule has 9 heteroatoms. The number of hydrogen-bond acceptors (Lipinski definition) is 6. The van der Waals surface area contributed by atoms with Crippen molar-refractivity contribution in [2.24, 2.45) is 5.41 Å². The molecular weight excluding hydrogens is 785 g/mol. The minimum Gasteiger partial charge on any atom is -0.490 e.